The number of halogens is 2. The van der Waals surface area contributed by atoms with Crippen LogP contribution in [0.4, 0.5) is 22.9 Å². The fourth-order valence-electron chi connectivity index (χ4n) is 3.24. The second-order valence-electron chi connectivity index (χ2n) is 7.28. The number of nitrogens with one attached hydrogen (secondary N) is 2. The molecule has 1 amide bonds. The van der Waals surface area contributed by atoms with Crippen LogP contribution in [0.25, 0.3) is 10.9 Å². The van der Waals surface area contributed by atoms with Gasteiger partial charge in [-0.1, -0.05) is 23.8 Å². The van der Waals surface area contributed by atoms with Gasteiger partial charge in [0, 0.05) is 11.1 Å². The van der Waals surface area contributed by atoms with E-state index in [0.717, 1.165) is 10.9 Å². The molecular weight excluding hydrogens is 489 g/mol. The van der Waals surface area contributed by atoms with Gasteiger partial charge >= 0.3 is 0 Å². The van der Waals surface area contributed by atoms with Gasteiger partial charge in [-0.25, -0.2) is 15.0 Å². The summed E-state index contributed by atoms with van der Waals surface area (Å²) < 4.78 is 5.15. The van der Waals surface area contributed by atoms with E-state index in [1.807, 2.05) is 43.3 Å². The molecule has 0 aliphatic heterocycles. The molecule has 0 saturated carbocycles. The first-order valence-corrected chi connectivity index (χ1v) is 10.1. The van der Waals surface area contributed by atoms with Crippen LogP contribution >= 0.6 is 24.8 Å². The number of para-hydroxylation sites is 2. The minimum Gasteiger partial charge on any atom is -0.497 e. The van der Waals surface area contributed by atoms with E-state index in [9.17, 15) is 4.79 Å². The number of ether oxygens (including phenoxy) is 1. The second-order valence-corrected chi connectivity index (χ2v) is 7.28. The molecule has 0 saturated heterocycles. The van der Waals surface area contributed by atoms with Crippen LogP contribution in [0.15, 0.2) is 71.7 Å². The topological polar surface area (TPSA) is 141 Å². The molecule has 6 N–H and O–H groups in total. The first-order chi connectivity index (χ1) is 15.9. The van der Waals surface area contributed by atoms with Gasteiger partial charge in [0.25, 0.3) is 5.91 Å². The Balaban J connectivity index is 0.00000216. The number of aliphatic imine (C=N–C) groups is 1. The Bertz CT molecular complexity index is 1360. The number of methoxy groups -OCH3 is 1. The molecule has 0 atom stereocenters. The number of carbonyl (C=O) groups is 1. The van der Waals surface area contributed by atoms with Crippen molar-refractivity contribution in [3.63, 3.8) is 0 Å². The summed E-state index contributed by atoms with van der Waals surface area (Å²) in [6.45, 7) is 1.97. The Labute approximate surface area is 214 Å². The van der Waals surface area contributed by atoms with Gasteiger partial charge < -0.3 is 26.8 Å². The number of anilines is 3. The summed E-state index contributed by atoms with van der Waals surface area (Å²) in [6.07, 6.45) is 0. The molecule has 9 nitrogen and oxygen atoms in total. The van der Waals surface area contributed by atoms with Crippen molar-refractivity contribution >= 4 is 70.5 Å². The van der Waals surface area contributed by atoms with E-state index in [0.29, 0.717) is 34.1 Å². The van der Waals surface area contributed by atoms with Gasteiger partial charge in [-0.15, -0.1) is 24.8 Å². The van der Waals surface area contributed by atoms with E-state index in [4.69, 9.17) is 16.2 Å². The molecule has 35 heavy (non-hydrogen) atoms. The highest BCUT2D eigenvalue weighted by atomic mass is 35.5. The summed E-state index contributed by atoms with van der Waals surface area (Å²) >= 11 is 0. The third kappa shape index (κ3) is 6.50. The maximum absolute atomic E-state index is 12.9. The number of nitrogens with zero attached hydrogens (tertiary/aromatic N) is 3. The number of rotatable bonds is 6. The van der Waals surface area contributed by atoms with Gasteiger partial charge in [0.05, 0.1) is 24.0 Å². The fourth-order valence-corrected chi connectivity index (χ4v) is 3.24. The molecule has 1 heterocycles. The summed E-state index contributed by atoms with van der Waals surface area (Å²) in [4.78, 5) is 26.1. The lowest BCUT2D eigenvalue weighted by molar-refractivity contribution is 0.101. The smallest absolute Gasteiger partial charge is 0.293 e. The largest absolute Gasteiger partial charge is 0.497 e. The van der Waals surface area contributed by atoms with Crippen molar-refractivity contribution in [3.8, 4) is 5.75 Å². The Morgan fingerprint density at radius 3 is 2.37 bits per heavy atom. The zero-order valence-electron chi connectivity index (χ0n) is 19.0. The number of fused-ring (bicyclic) bond motifs is 1. The van der Waals surface area contributed by atoms with E-state index in [1.165, 1.54) is 0 Å². The number of amides is 1. The van der Waals surface area contributed by atoms with Crippen molar-refractivity contribution in [3.05, 3.63) is 78.1 Å². The minimum atomic E-state index is -0.441. The second kappa shape index (κ2) is 11.9. The number of benzene rings is 3. The van der Waals surface area contributed by atoms with Gasteiger partial charge in [-0.05, 0) is 55.5 Å². The quantitative estimate of drug-likeness (QED) is 0.216. The summed E-state index contributed by atoms with van der Waals surface area (Å²) in [7, 11) is 1.58. The van der Waals surface area contributed by atoms with Crippen molar-refractivity contribution in [1.29, 1.82) is 0 Å². The van der Waals surface area contributed by atoms with Crippen molar-refractivity contribution in [1.82, 2.24) is 9.97 Å². The summed E-state index contributed by atoms with van der Waals surface area (Å²) in [6, 6.07) is 20.0. The molecule has 1 aromatic heterocycles. The number of hydrogen-bond donors (Lipinski definition) is 4. The summed E-state index contributed by atoms with van der Waals surface area (Å²) in [5.74, 6) is 0.664. The van der Waals surface area contributed by atoms with E-state index >= 15 is 0 Å². The predicted molar refractivity (Wildman–Crippen MR) is 145 cm³/mol. The van der Waals surface area contributed by atoms with E-state index in [2.05, 4.69) is 25.6 Å². The van der Waals surface area contributed by atoms with Crippen molar-refractivity contribution in [2.75, 3.05) is 17.7 Å². The van der Waals surface area contributed by atoms with Crippen LogP contribution in [0, 0.1) is 6.92 Å². The van der Waals surface area contributed by atoms with Crippen molar-refractivity contribution < 1.29 is 9.53 Å². The third-order valence-corrected chi connectivity index (χ3v) is 4.81. The average molecular weight is 514 g/mol. The SMILES string of the molecule is COc1ccc(NC(=O)c2nc(Nc3ccccc3N=C(N)N)c3cc(C)ccc3n2)cc1.Cl.Cl. The van der Waals surface area contributed by atoms with Crippen molar-refractivity contribution in [2.24, 2.45) is 16.5 Å². The molecule has 3 aromatic carbocycles. The minimum absolute atomic E-state index is 0. The third-order valence-electron chi connectivity index (χ3n) is 4.81. The first-order valence-electron chi connectivity index (χ1n) is 10.1. The van der Waals surface area contributed by atoms with Crippen LogP contribution in [0.1, 0.15) is 16.2 Å². The molecule has 0 spiro atoms. The number of nitrogens with two attached hydrogens (primary N) is 2. The molecule has 0 unspecified atom stereocenters. The molecule has 182 valence electrons. The summed E-state index contributed by atoms with van der Waals surface area (Å²) in [5, 5.41) is 6.83. The maximum atomic E-state index is 12.9. The van der Waals surface area contributed by atoms with Gasteiger partial charge in [-0.2, -0.15) is 0 Å². The normalized spacial score (nSPS) is 9.89. The highest BCUT2D eigenvalue weighted by Gasteiger charge is 2.16. The zero-order valence-corrected chi connectivity index (χ0v) is 20.6. The van der Waals surface area contributed by atoms with E-state index in [1.54, 1.807) is 37.4 Å². The molecule has 4 aromatic rings. The van der Waals surface area contributed by atoms with Crippen LogP contribution in [-0.4, -0.2) is 28.9 Å². The van der Waals surface area contributed by atoms with Gasteiger partial charge in [-0.3, -0.25) is 4.79 Å². The molecule has 0 bridgehead atoms. The molecule has 0 aliphatic rings. The highest BCUT2D eigenvalue weighted by molar-refractivity contribution is 6.04. The van der Waals surface area contributed by atoms with Gasteiger partial charge in [0.2, 0.25) is 5.82 Å². The summed E-state index contributed by atoms with van der Waals surface area (Å²) in [5.41, 5.74) is 14.6. The molecular formula is C24H25Cl2N7O2. The average Bonchev–Trinajstić information content (AvgIpc) is 2.80. The Morgan fingerprint density at radius 1 is 0.971 bits per heavy atom. The van der Waals surface area contributed by atoms with E-state index in [-0.39, 0.29) is 36.6 Å². The standard InChI is InChI=1S/C24H23N7O2.2ClH/c1-14-7-12-18-17(13-14)21(29-19-5-3-4-6-20(19)30-24(25)26)31-22(28-18)23(32)27-15-8-10-16(33-2)11-9-15;;/h3-13H,1-2H3,(H,27,32)(H4,25,26,30)(H,28,29,31);2*1H. The Kier molecular flexibility index (Phi) is 9.21. The number of aromatic nitrogens is 2. The zero-order chi connectivity index (χ0) is 23.4. The molecule has 11 heteroatoms. The highest BCUT2D eigenvalue weighted by Crippen LogP contribution is 2.30. The lowest BCUT2D eigenvalue weighted by Gasteiger charge is -2.13. The molecule has 0 radical (unpaired) electrons. The molecule has 0 fully saturated rings. The van der Waals surface area contributed by atoms with Gasteiger partial charge in [0.15, 0.2) is 5.96 Å². The first kappa shape index (κ1) is 27.2. The fraction of sp³-hybridized carbons (Fsp3) is 0.0833. The van der Waals surface area contributed by atoms with Crippen molar-refractivity contribution in [2.45, 2.75) is 6.92 Å². The van der Waals surface area contributed by atoms with Crippen LogP contribution in [0.2, 0.25) is 0 Å². The number of aryl methyl sites for hydroxylation is 1. The molecule has 4 rings (SSSR count). The van der Waals surface area contributed by atoms with Crippen LogP contribution in [0.5, 0.6) is 5.75 Å². The van der Waals surface area contributed by atoms with Crippen LogP contribution in [0.3, 0.4) is 0 Å². The van der Waals surface area contributed by atoms with Crippen LogP contribution < -0.4 is 26.8 Å². The van der Waals surface area contributed by atoms with Crippen LogP contribution in [-0.2, 0) is 0 Å². The number of hydrogen-bond acceptors (Lipinski definition) is 6. The Hall–Kier alpha value is -4.08. The number of guanidine groups is 1. The Morgan fingerprint density at radius 2 is 1.69 bits per heavy atom. The molecule has 0 aliphatic carbocycles. The lowest BCUT2D eigenvalue weighted by atomic mass is 10.1. The maximum Gasteiger partial charge on any atom is 0.293 e. The predicted octanol–water partition coefficient (Wildman–Crippen LogP) is 4.69. The van der Waals surface area contributed by atoms with E-state index < -0.39 is 5.91 Å². The lowest BCUT2D eigenvalue weighted by Crippen LogP contribution is -2.22. The monoisotopic (exact) mass is 513 g/mol. The number of carbonyl (C=O) groups excluding carboxylic acids is 1. The van der Waals surface area contributed by atoms with Gasteiger partial charge in [0.1, 0.15) is 11.6 Å².